The fourth-order valence-electron chi connectivity index (χ4n) is 1.18. The topological polar surface area (TPSA) is 29.5 Å². The van der Waals surface area contributed by atoms with Crippen molar-refractivity contribution < 1.29 is 9.53 Å². The van der Waals surface area contributed by atoms with E-state index in [9.17, 15) is 4.79 Å². The van der Waals surface area contributed by atoms with Crippen LogP contribution >= 0.6 is 0 Å². The van der Waals surface area contributed by atoms with Gasteiger partial charge in [0.25, 0.3) is 0 Å². The van der Waals surface area contributed by atoms with Crippen LogP contribution < -0.4 is 0 Å². The zero-order chi connectivity index (χ0) is 10.8. The number of rotatable bonds is 7. The molecule has 14 heavy (non-hydrogen) atoms. The average Bonchev–Trinajstić information content (AvgIpc) is 2.19. The third kappa shape index (κ3) is 6.66. The number of ether oxygens (including phenoxy) is 1. The van der Waals surface area contributed by atoms with Gasteiger partial charge in [0, 0.05) is 12.6 Å². The molecule has 82 valence electrons. The lowest BCUT2D eigenvalue weighted by Gasteiger charge is -2.17. The van der Waals surface area contributed by atoms with Gasteiger partial charge in [0.2, 0.25) is 0 Å². The summed E-state index contributed by atoms with van der Waals surface area (Å²) in [4.78, 5) is 13.2. The minimum absolute atomic E-state index is 0.243. The molecule has 0 fully saturated rings. The Bertz CT molecular complexity index is 174. The maximum Gasteiger partial charge on any atom is 0.330 e. The van der Waals surface area contributed by atoms with Crippen LogP contribution in [0.1, 0.15) is 27.2 Å². The normalized spacial score (nSPS) is 11.1. The Labute approximate surface area is 86.7 Å². The molecule has 0 unspecified atom stereocenters. The van der Waals surface area contributed by atoms with Crippen molar-refractivity contribution in [3.8, 4) is 0 Å². The first-order valence-corrected chi connectivity index (χ1v) is 5.26. The minimum Gasteiger partial charge on any atom is -0.462 e. The van der Waals surface area contributed by atoms with Crippen molar-refractivity contribution >= 4 is 5.97 Å². The maximum atomic E-state index is 10.9. The van der Waals surface area contributed by atoms with Gasteiger partial charge in [0.1, 0.15) is 0 Å². The summed E-state index contributed by atoms with van der Waals surface area (Å²) >= 11 is 0. The molecule has 0 N–H and O–H groups in total. The van der Waals surface area contributed by atoms with Gasteiger partial charge in [-0.2, -0.15) is 0 Å². The molecule has 0 rings (SSSR count). The highest BCUT2D eigenvalue weighted by molar-refractivity contribution is 5.81. The van der Waals surface area contributed by atoms with Crippen molar-refractivity contribution in [2.24, 2.45) is 0 Å². The Morgan fingerprint density at radius 1 is 1.36 bits per heavy atom. The predicted molar refractivity (Wildman–Crippen MR) is 58.2 cm³/mol. The highest BCUT2D eigenvalue weighted by Crippen LogP contribution is 1.92. The van der Waals surface area contributed by atoms with Gasteiger partial charge in [-0.15, -0.1) is 0 Å². The first-order chi connectivity index (χ1) is 6.74. The van der Waals surface area contributed by atoms with E-state index in [4.69, 9.17) is 4.74 Å². The summed E-state index contributed by atoms with van der Waals surface area (Å²) < 4.78 is 4.97. The van der Waals surface area contributed by atoms with Crippen molar-refractivity contribution in [3.63, 3.8) is 0 Å². The minimum atomic E-state index is -0.243. The molecule has 3 heteroatoms. The molecule has 0 saturated carbocycles. The van der Waals surface area contributed by atoms with Gasteiger partial charge in [-0.25, -0.2) is 4.79 Å². The van der Waals surface area contributed by atoms with Crippen LogP contribution in [0.3, 0.4) is 0 Å². The third-order valence-corrected chi connectivity index (χ3v) is 2.06. The van der Waals surface area contributed by atoms with E-state index in [-0.39, 0.29) is 5.97 Å². The molecule has 0 aromatic heterocycles. The standard InChI is InChI=1S/C11H21NO2/c1-4-8-11(13)14-10-7-9-12(5-2)6-3/h4,8H,5-7,9-10H2,1-3H3/b8-4-. The number of carbonyl (C=O) groups is 1. The van der Waals surface area contributed by atoms with E-state index >= 15 is 0 Å². The Morgan fingerprint density at radius 3 is 2.50 bits per heavy atom. The largest absolute Gasteiger partial charge is 0.462 e. The van der Waals surface area contributed by atoms with Crippen LogP contribution in [0, 0.1) is 0 Å². The van der Waals surface area contributed by atoms with Gasteiger partial charge in [-0.1, -0.05) is 19.9 Å². The molecule has 0 aliphatic heterocycles. The average molecular weight is 199 g/mol. The fraction of sp³-hybridized carbons (Fsp3) is 0.727. The number of hydrogen-bond acceptors (Lipinski definition) is 3. The monoisotopic (exact) mass is 199 g/mol. The molecule has 0 aliphatic carbocycles. The lowest BCUT2D eigenvalue weighted by atomic mass is 10.4. The molecule has 0 aromatic carbocycles. The molecule has 0 aromatic rings. The van der Waals surface area contributed by atoms with Crippen molar-refractivity contribution in [1.29, 1.82) is 0 Å². The molecule has 0 heterocycles. The summed E-state index contributed by atoms with van der Waals surface area (Å²) in [7, 11) is 0. The molecule has 0 bridgehead atoms. The van der Waals surface area contributed by atoms with E-state index in [2.05, 4.69) is 18.7 Å². The van der Waals surface area contributed by atoms with E-state index in [1.54, 1.807) is 13.0 Å². The van der Waals surface area contributed by atoms with Gasteiger partial charge in [-0.3, -0.25) is 0 Å². The Morgan fingerprint density at radius 2 is 2.00 bits per heavy atom. The lowest BCUT2D eigenvalue weighted by Crippen LogP contribution is -2.25. The summed E-state index contributed by atoms with van der Waals surface area (Å²) in [5, 5.41) is 0. The Balaban J connectivity index is 3.41. The van der Waals surface area contributed by atoms with Gasteiger partial charge >= 0.3 is 5.97 Å². The van der Waals surface area contributed by atoms with Crippen LogP contribution in [-0.4, -0.2) is 37.1 Å². The van der Waals surface area contributed by atoms with Crippen LogP contribution in [0.25, 0.3) is 0 Å². The summed E-state index contributed by atoms with van der Waals surface area (Å²) in [6.45, 7) is 9.69. The lowest BCUT2D eigenvalue weighted by molar-refractivity contribution is -0.137. The second-order valence-corrected chi connectivity index (χ2v) is 3.05. The molecule has 0 aliphatic rings. The van der Waals surface area contributed by atoms with Gasteiger partial charge in [0.05, 0.1) is 6.61 Å². The Hall–Kier alpha value is -0.830. The summed E-state index contributed by atoms with van der Waals surface area (Å²) in [6.07, 6.45) is 4.04. The number of hydrogen-bond donors (Lipinski definition) is 0. The molecule has 0 spiro atoms. The van der Waals surface area contributed by atoms with Crippen LogP contribution in [0.4, 0.5) is 0 Å². The van der Waals surface area contributed by atoms with Crippen molar-refractivity contribution in [1.82, 2.24) is 4.90 Å². The molecule has 0 radical (unpaired) electrons. The van der Waals surface area contributed by atoms with Gasteiger partial charge < -0.3 is 9.64 Å². The van der Waals surface area contributed by atoms with Crippen molar-refractivity contribution in [3.05, 3.63) is 12.2 Å². The molecular weight excluding hydrogens is 178 g/mol. The van der Waals surface area contributed by atoms with Crippen LogP contribution in [-0.2, 0) is 9.53 Å². The van der Waals surface area contributed by atoms with Crippen LogP contribution in [0.2, 0.25) is 0 Å². The summed E-state index contributed by atoms with van der Waals surface area (Å²) in [5.74, 6) is -0.243. The molecular formula is C11H21NO2. The number of allylic oxidation sites excluding steroid dienone is 1. The molecule has 0 amide bonds. The SMILES string of the molecule is C/C=C\C(=O)OCCCN(CC)CC. The van der Waals surface area contributed by atoms with Crippen LogP contribution in [0.5, 0.6) is 0 Å². The van der Waals surface area contributed by atoms with Crippen molar-refractivity contribution in [2.75, 3.05) is 26.2 Å². The first-order valence-electron chi connectivity index (χ1n) is 5.26. The summed E-state index contributed by atoms with van der Waals surface area (Å²) in [6, 6.07) is 0. The second-order valence-electron chi connectivity index (χ2n) is 3.05. The van der Waals surface area contributed by atoms with E-state index in [0.29, 0.717) is 6.61 Å². The second kappa shape index (κ2) is 8.75. The molecule has 0 atom stereocenters. The Kier molecular flexibility index (Phi) is 8.24. The zero-order valence-corrected chi connectivity index (χ0v) is 9.45. The van der Waals surface area contributed by atoms with Gasteiger partial charge in [0.15, 0.2) is 0 Å². The van der Waals surface area contributed by atoms with Crippen LogP contribution in [0.15, 0.2) is 12.2 Å². The van der Waals surface area contributed by atoms with E-state index in [1.807, 2.05) is 0 Å². The zero-order valence-electron chi connectivity index (χ0n) is 9.45. The van der Waals surface area contributed by atoms with Gasteiger partial charge in [-0.05, 0) is 26.4 Å². The number of carbonyl (C=O) groups excluding carboxylic acids is 1. The summed E-state index contributed by atoms with van der Waals surface area (Å²) in [5.41, 5.74) is 0. The molecule has 3 nitrogen and oxygen atoms in total. The van der Waals surface area contributed by atoms with E-state index in [1.165, 1.54) is 6.08 Å². The third-order valence-electron chi connectivity index (χ3n) is 2.06. The van der Waals surface area contributed by atoms with E-state index < -0.39 is 0 Å². The smallest absolute Gasteiger partial charge is 0.330 e. The first kappa shape index (κ1) is 13.2. The number of esters is 1. The molecule has 0 saturated heterocycles. The predicted octanol–water partition coefficient (Wildman–Crippen LogP) is 1.84. The van der Waals surface area contributed by atoms with E-state index in [0.717, 1.165) is 26.1 Å². The van der Waals surface area contributed by atoms with Crippen molar-refractivity contribution in [2.45, 2.75) is 27.2 Å². The number of nitrogens with zero attached hydrogens (tertiary/aromatic N) is 1. The maximum absolute atomic E-state index is 10.9. The highest BCUT2D eigenvalue weighted by Gasteiger charge is 1.99. The quantitative estimate of drug-likeness (QED) is 0.356. The fourth-order valence-corrected chi connectivity index (χ4v) is 1.18. The highest BCUT2D eigenvalue weighted by atomic mass is 16.5.